The van der Waals surface area contributed by atoms with Gasteiger partial charge >= 0.3 is 0 Å². The Labute approximate surface area is 112 Å². The lowest BCUT2D eigenvalue weighted by Gasteiger charge is -2.16. The van der Waals surface area contributed by atoms with Crippen molar-refractivity contribution in [1.29, 1.82) is 0 Å². The van der Waals surface area contributed by atoms with Crippen molar-refractivity contribution in [2.75, 3.05) is 13.7 Å². The van der Waals surface area contributed by atoms with Crippen molar-refractivity contribution in [3.05, 3.63) is 28.7 Å². The number of nitrogens with zero attached hydrogens (tertiary/aromatic N) is 1. The second-order valence-corrected chi connectivity index (χ2v) is 4.67. The Morgan fingerprint density at radius 2 is 2.05 bits per heavy atom. The first-order valence-electron chi connectivity index (χ1n) is 6.61. The first kappa shape index (κ1) is 13.6. The number of hydrogen-bond donors (Lipinski definition) is 0. The van der Waals surface area contributed by atoms with Crippen molar-refractivity contribution in [2.24, 2.45) is 5.34 Å². The molecule has 0 heterocycles. The maximum Gasteiger partial charge on any atom is 0.161 e. The third-order valence-electron chi connectivity index (χ3n) is 3.36. The summed E-state index contributed by atoms with van der Waals surface area (Å²) < 4.78 is 11.3. The molecule has 0 amide bonds. The Morgan fingerprint density at radius 3 is 2.74 bits per heavy atom. The number of rotatable bonds is 7. The van der Waals surface area contributed by atoms with Gasteiger partial charge in [0.05, 0.1) is 13.2 Å². The van der Waals surface area contributed by atoms with Gasteiger partial charge in [0.1, 0.15) is 6.61 Å². The van der Waals surface area contributed by atoms with E-state index in [1.807, 2.05) is 18.2 Å². The van der Waals surface area contributed by atoms with Crippen LogP contribution in [0.5, 0.6) is 11.5 Å². The van der Waals surface area contributed by atoms with Crippen LogP contribution in [0.4, 0.5) is 0 Å². The Hall–Kier alpha value is -1.78. The molecule has 5 nitrogen and oxygen atoms in total. The quantitative estimate of drug-likeness (QED) is 0.431. The van der Waals surface area contributed by atoms with Gasteiger partial charge in [0.15, 0.2) is 16.8 Å². The van der Waals surface area contributed by atoms with Crippen LogP contribution in [0.15, 0.2) is 23.5 Å². The van der Waals surface area contributed by atoms with Crippen LogP contribution in [0.2, 0.25) is 0 Å². The summed E-state index contributed by atoms with van der Waals surface area (Å²) in [6, 6.07) is 5.77. The van der Waals surface area contributed by atoms with Crippen molar-refractivity contribution in [2.45, 2.75) is 38.2 Å². The van der Waals surface area contributed by atoms with Crippen LogP contribution in [-0.4, -0.2) is 19.8 Å². The molecule has 0 saturated heterocycles. The largest absolute Gasteiger partial charge is 0.493 e. The molecule has 1 aromatic rings. The molecule has 0 radical (unpaired) electrons. The molecule has 1 aliphatic carbocycles. The maximum atomic E-state index is 9.88. The zero-order chi connectivity index (χ0) is 13.5. The van der Waals surface area contributed by atoms with E-state index in [2.05, 4.69) is 10.2 Å². The van der Waals surface area contributed by atoms with Crippen molar-refractivity contribution in [3.8, 4) is 11.5 Å². The first-order valence-corrected chi connectivity index (χ1v) is 6.61. The van der Waals surface area contributed by atoms with Gasteiger partial charge in [-0.1, -0.05) is 6.07 Å². The van der Waals surface area contributed by atoms with E-state index in [1.54, 1.807) is 7.11 Å². The van der Waals surface area contributed by atoms with Gasteiger partial charge in [-0.3, -0.25) is 0 Å². The van der Waals surface area contributed by atoms with Gasteiger partial charge in [0.25, 0.3) is 0 Å². The van der Waals surface area contributed by atoms with E-state index in [4.69, 9.17) is 9.47 Å². The average Bonchev–Trinajstić information content (AvgIpc) is 2.92. The maximum absolute atomic E-state index is 9.88. The number of hydrogen-bond acceptors (Lipinski definition) is 5. The summed E-state index contributed by atoms with van der Waals surface area (Å²) >= 11 is 0. The second kappa shape index (κ2) is 6.97. The normalized spacial score (nSPS) is 15.2. The van der Waals surface area contributed by atoms with Crippen molar-refractivity contribution in [3.63, 3.8) is 0 Å². The van der Waals surface area contributed by atoms with E-state index in [9.17, 15) is 4.91 Å². The number of benzene rings is 1. The monoisotopic (exact) mass is 265 g/mol. The fourth-order valence-electron chi connectivity index (χ4n) is 2.36. The lowest BCUT2D eigenvalue weighted by atomic mass is 10.1. The molecule has 5 heteroatoms. The minimum absolute atomic E-state index is 0.276. The van der Waals surface area contributed by atoms with Gasteiger partial charge in [-0.15, -0.1) is 4.91 Å². The molecule has 0 N–H and O–H groups in total. The van der Waals surface area contributed by atoms with Crippen LogP contribution < -0.4 is 9.47 Å². The Morgan fingerprint density at radius 1 is 1.26 bits per heavy atom. The van der Waals surface area contributed by atoms with E-state index in [0.29, 0.717) is 6.42 Å². The fourth-order valence-corrected chi connectivity index (χ4v) is 2.36. The fraction of sp³-hybridized carbons (Fsp3) is 0.571. The topological polar surface area (TPSA) is 57.1 Å². The second-order valence-electron chi connectivity index (χ2n) is 4.67. The lowest BCUT2D eigenvalue weighted by Crippen LogP contribution is -2.11. The summed E-state index contributed by atoms with van der Waals surface area (Å²) in [5.74, 6) is 1.51. The third-order valence-corrected chi connectivity index (χ3v) is 3.36. The molecule has 104 valence electrons. The highest BCUT2D eigenvalue weighted by molar-refractivity contribution is 5.43. The number of ether oxygens (including phenoxy) is 2. The van der Waals surface area contributed by atoms with Crippen LogP contribution in [-0.2, 0) is 11.3 Å². The molecule has 0 unspecified atom stereocenters. The molecule has 1 aromatic carbocycles. The summed E-state index contributed by atoms with van der Waals surface area (Å²) in [7, 11) is 1.63. The molecule has 1 aliphatic rings. The highest BCUT2D eigenvalue weighted by Crippen LogP contribution is 2.32. The zero-order valence-corrected chi connectivity index (χ0v) is 11.1. The summed E-state index contributed by atoms with van der Waals surface area (Å²) in [6.07, 6.45) is 5.57. The smallest absolute Gasteiger partial charge is 0.161 e. The predicted octanol–water partition coefficient (Wildman–Crippen LogP) is 3.26. The first-order chi connectivity index (χ1) is 9.33. The van der Waals surface area contributed by atoms with Crippen LogP contribution in [0.1, 0.15) is 31.2 Å². The van der Waals surface area contributed by atoms with Crippen molar-refractivity contribution in [1.82, 2.24) is 0 Å². The zero-order valence-electron chi connectivity index (χ0n) is 11.1. The van der Waals surface area contributed by atoms with Crippen LogP contribution in [0.25, 0.3) is 0 Å². The summed E-state index contributed by atoms with van der Waals surface area (Å²) in [5.41, 5.74) is 1.04. The summed E-state index contributed by atoms with van der Waals surface area (Å²) in [4.78, 5) is 14.3. The van der Waals surface area contributed by atoms with Crippen molar-refractivity contribution < 1.29 is 14.3 Å². The highest BCUT2D eigenvalue weighted by Gasteiger charge is 2.18. The third kappa shape index (κ3) is 3.84. The molecule has 1 fully saturated rings. The van der Waals surface area contributed by atoms with Gasteiger partial charge in [0, 0.05) is 6.42 Å². The predicted molar refractivity (Wildman–Crippen MR) is 71.3 cm³/mol. The Bertz CT molecular complexity index is 416. The Kier molecular flexibility index (Phi) is 5.01. The van der Waals surface area contributed by atoms with Crippen LogP contribution in [0.3, 0.4) is 0 Å². The minimum atomic E-state index is 0.276. The van der Waals surface area contributed by atoms with E-state index in [1.165, 1.54) is 12.8 Å². The molecular formula is C14H19NO4. The minimum Gasteiger partial charge on any atom is -0.493 e. The van der Waals surface area contributed by atoms with E-state index >= 15 is 0 Å². The molecule has 0 aliphatic heterocycles. The van der Waals surface area contributed by atoms with Gasteiger partial charge in [-0.25, -0.2) is 0 Å². The molecule has 19 heavy (non-hydrogen) atoms. The summed E-state index contributed by atoms with van der Waals surface area (Å²) in [5, 5.41) is 2.38. The SMILES string of the molecule is COc1ccc(CCON=O)cc1OC1CCCC1. The molecule has 0 atom stereocenters. The molecule has 0 bridgehead atoms. The highest BCUT2D eigenvalue weighted by atomic mass is 16.7. The van der Waals surface area contributed by atoms with Crippen LogP contribution in [0, 0.1) is 4.91 Å². The van der Waals surface area contributed by atoms with Gasteiger partial charge in [-0.2, -0.15) is 0 Å². The van der Waals surface area contributed by atoms with Crippen LogP contribution >= 0.6 is 0 Å². The van der Waals surface area contributed by atoms with E-state index in [0.717, 1.165) is 29.9 Å². The molecule has 0 spiro atoms. The van der Waals surface area contributed by atoms with Gasteiger partial charge < -0.3 is 14.3 Å². The molecule has 2 rings (SSSR count). The van der Waals surface area contributed by atoms with Gasteiger partial charge in [0.2, 0.25) is 0 Å². The van der Waals surface area contributed by atoms with E-state index in [-0.39, 0.29) is 12.7 Å². The lowest BCUT2D eigenvalue weighted by molar-refractivity contribution is 0.142. The standard InChI is InChI=1S/C14H19NO4/c1-17-13-7-6-11(8-9-18-15-16)10-14(13)19-12-4-2-3-5-12/h6-7,10,12H,2-5,8-9H2,1H3. The molecule has 1 saturated carbocycles. The van der Waals surface area contributed by atoms with Crippen molar-refractivity contribution >= 4 is 0 Å². The van der Waals surface area contributed by atoms with Gasteiger partial charge in [-0.05, 0) is 43.4 Å². The Balaban J connectivity index is 2.04. The number of methoxy groups -OCH3 is 1. The van der Waals surface area contributed by atoms with E-state index < -0.39 is 0 Å². The summed E-state index contributed by atoms with van der Waals surface area (Å²) in [6.45, 7) is 0.276. The average molecular weight is 265 g/mol. The molecular weight excluding hydrogens is 246 g/mol. The molecule has 0 aromatic heterocycles.